The van der Waals surface area contributed by atoms with Crippen LogP contribution in [0.1, 0.15) is 29.8 Å². The molecule has 1 aliphatic heterocycles. The second-order valence-electron chi connectivity index (χ2n) is 5.95. The zero-order valence-electron chi connectivity index (χ0n) is 12.8. The molecule has 2 heterocycles. The lowest BCUT2D eigenvalue weighted by Crippen LogP contribution is -2.38. The number of hydrogen-bond acceptors (Lipinski definition) is 4. The number of aromatic nitrogens is 2. The summed E-state index contributed by atoms with van der Waals surface area (Å²) in [6.07, 6.45) is 3.45. The van der Waals surface area contributed by atoms with E-state index in [-0.39, 0.29) is 12.5 Å². The van der Waals surface area contributed by atoms with Crippen LogP contribution in [0, 0.1) is 5.92 Å². The second kappa shape index (κ2) is 6.15. The van der Waals surface area contributed by atoms with Crippen molar-refractivity contribution >= 4 is 5.91 Å². The molecule has 1 saturated carbocycles. The van der Waals surface area contributed by atoms with Crippen molar-refractivity contribution in [3.63, 3.8) is 0 Å². The van der Waals surface area contributed by atoms with Crippen molar-refractivity contribution in [1.29, 1.82) is 0 Å². The minimum Gasteiger partial charge on any atom is -0.375 e. The Hall–Kier alpha value is -1.40. The Morgan fingerprint density at radius 3 is 2.95 bits per heavy atom. The molecule has 1 aromatic heterocycles. The first-order valence-corrected chi connectivity index (χ1v) is 7.57. The molecule has 0 saturated heterocycles. The van der Waals surface area contributed by atoms with Gasteiger partial charge < -0.3 is 14.4 Å². The average Bonchev–Trinajstić information content (AvgIpc) is 3.24. The van der Waals surface area contributed by atoms with Crippen molar-refractivity contribution in [2.24, 2.45) is 13.0 Å². The number of nitrogens with zero attached hydrogens (tertiary/aromatic N) is 3. The second-order valence-corrected chi connectivity index (χ2v) is 5.95. The molecule has 0 radical (unpaired) electrons. The Labute approximate surface area is 125 Å². The molecule has 1 aromatic rings. The fourth-order valence-electron chi connectivity index (χ4n) is 2.81. The van der Waals surface area contributed by atoms with Gasteiger partial charge in [-0.1, -0.05) is 0 Å². The highest BCUT2D eigenvalue weighted by Gasteiger charge is 2.27. The van der Waals surface area contributed by atoms with Gasteiger partial charge in [-0.3, -0.25) is 9.48 Å². The molecule has 0 aromatic carbocycles. The van der Waals surface area contributed by atoms with Crippen LogP contribution in [0.3, 0.4) is 0 Å². The predicted octanol–water partition coefficient (Wildman–Crippen LogP) is 0.878. The fraction of sp³-hybridized carbons (Fsp3) is 0.733. The molecule has 2 aliphatic rings. The van der Waals surface area contributed by atoms with Crippen LogP contribution in [0.2, 0.25) is 0 Å². The van der Waals surface area contributed by atoms with Crippen LogP contribution in [0.15, 0.2) is 0 Å². The summed E-state index contributed by atoms with van der Waals surface area (Å²) in [6.45, 7) is 2.93. The number of ether oxygens (including phenoxy) is 2. The monoisotopic (exact) mass is 293 g/mol. The normalized spacial score (nSPS) is 17.9. The minimum atomic E-state index is 0.0379. The van der Waals surface area contributed by atoms with Gasteiger partial charge in [-0.25, -0.2) is 0 Å². The zero-order valence-corrected chi connectivity index (χ0v) is 12.8. The third-order valence-electron chi connectivity index (χ3n) is 4.24. The summed E-state index contributed by atoms with van der Waals surface area (Å²) in [5.41, 5.74) is 3.41. The summed E-state index contributed by atoms with van der Waals surface area (Å²) in [5, 5.41) is 4.57. The predicted molar refractivity (Wildman–Crippen MR) is 76.6 cm³/mol. The molecular weight excluding hydrogens is 270 g/mol. The van der Waals surface area contributed by atoms with Gasteiger partial charge in [0, 0.05) is 32.9 Å². The van der Waals surface area contributed by atoms with E-state index in [2.05, 4.69) is 5.10 Å². The third kappa shape index (κ3) is 3.27. The van der Waals surface area contributed by atoms with E-state index in [0.29, 0.717) is 13.2 Å². The lowest BCUT2D eigenvalue weighted by molar-refractivity contribution is -0.136. The highest BCUT2D eigenvalue weighted by Crippen LogP contribution is 2.29. The standard InChI is InChI=1S/C15H23N3O3/c1-17-14-7-18(15(19)10-20-2)6-5-12(14)13(16-17)9-21-8-11-3-4-11/h11H,3-10H2,1-2H3. The number of carbonyl (C=O) groups is 1. The number of methoxy groups -OCH3 is 1. The van der Waals surface area contributed by atoms with Crippen molar-refractivity contribution in [3.8, 4) is 0 Å². The molecule has 1 aliphatic carbocycles. The lowest BCUT2D eigenvalue weighted by atomic mass is 10.0. The molecule has 0 atom stereocenters. The molecule has 21 heavy (non-hydrogen) atoms. The molecule has 6 nitrogen and oxygen atoms in total. The van der Waals surface area contributed by atoms with Crippen molar-refractivity contribution < 1.29 is 14.3 Å². The van der Waals surface area contributed by atoms with Gasteiger partial charge in [-0.05, 0) is 25.2 Å². The summed E-state index contributed by atoms with van der Waals surface area (Å²) in [5.74, 6) is 0.808. The van der Waals surface area contributed by atoms with E-state index in [0.717, 1.165) is 36.9 Å². The Bertz CT molecular complexity index is 522. The number of carbonyl (C=O) groups excluding carboxylic acids is 1. The van der Waals surface area contributed by atoms with E-state index in [1.165, 1.54) is 18.4 Å². The summed E-state index contributed by atoms with van der Waals surface area (Å²) in [6, 6.07) is 0. The highest BCUT2D eigenvalue weighted by atomic mass is 16.5. The quantitative estimate of drug-likeness (QED) is 0.781. The van der Waals surface area contributed by atoms with Crippen molar-refractivity contribution in [3.05, 3.63) is 17.0 Å². The Balaban J connectivity index is 1.64. The molecule has 1 amide bonds. The van der Waals surface area contributed by atoms with Gasteiger partial charge in [0.2, 0.25) is 5.91 Å². The zero-order chi connectivity index (χ0) is 14.8. The van der Waals surface area contributed by atoms with Crippen LogP contribution in [-0.2, 0) is 40.9 Å². The van der Waals surface area contributed by atoms with Gasteiger partial charge >= 0.3 is 0 Å². The first-order chi connectivity index (χ1) is 10.2. The number of hydrogen-bond donors (Lipinski definition) is 0. The summed E-state index contributed by atoms with van der Waals surface area (Å²) in [7, 11) is 3.49. The van der Waals surface area contributed by atoms with Gasteiger partial charge in [0.05, 0.1) is 24.5 Å². The fourth-order valence-corrected chi connectivity index (χ4v) is 2.81. The first kappa shape index (κ1) is 14.5. The van der Waals surface area contributed by atoms with Gasteiger partial charge in [0.25, 0.3) is 0 Å². The van der Waals surface area contributed by atoms with Gasteiger partial charge in [-0.15, -0.1) is 0 Å². The Morgan fingerprint density at radius 2 is 2.24 bits per heavy atom. The summed E-state index contributed by atoms with van der Waals surface area (Å²) < 4.78 is 12.6. The molecule has 0 spiro atoms. The van der Waals surface area contributed by atoms with Crippen molar-refractivity contribution in [2.75, 3.05) is 26.9 Å². The molecular formula is C15H23N3O3. The smallest absolute Gasteiger partial charge is 0.248 e. The number of aryl methyl sites for hydroxylation is 1. The molecule has 3 rings (SSSR count). The molecule has 1 fully saturated rings. The average molecular weight is 293 g/mol. The maximum absolute atomic E-state index is 11.9. The van der Waals surface area contributed by atoms with Gasteiger partial charge in [0.1, 0.15) is 6.61 Å². The van der Waals surface area contributed by atoms with E-state index in [9.17, 15) is 4.79 Å². The Morgan fingerprint density at radius 1 is 1.43 bits per heavy atom. The molecule has 0 N–H and O–H groups in total. The number of fused-ring (bicyclic) bond motifs is 1. The van der Waals surface area contributed by atoms with E-state index >= 15 is 0 Å². The number of rotatable bonds is 6. The minimum absolute atomic E-state index is 0.0379. The lowest BCUT2D eigenvalue weighted by Gasteiger charge is -2.27. The van der Waals surface area contributed by atoms with Crippen molar-refractivity contribution in [1.82, 2.24) is 14.7 Å². The van der Waals surface area contributed by atoms with Crippen LogP contribution < -0.4 is 0 Å². The van der Waals surface area contributed by atoms with Crippen LogP contribution in [0.25, 0.3) is 0 Å². The number of amides is 1. The molecule has 6 heteroatoms. The Kier molecular flexibility index (Phi) is 4.26. The SMILES string of the molecule is COCC(=O)N1CCc2c(COCC3CC3)nn(C)c2C1. The van der Waals surface area contributed by atoms with Crippen LogP contribution >= 0.6 is 0 Å². The van der Waals surface area contributed by atoms with E-state index in [1.807, 2.05) is 16.6 Å². The largest absolute Gasteiger partial charge is 0.375 e. The van der Waals surface area contributed by atoms with Crippen molar-refractivity contribution in [2.45, 2.75) is 32.4 Å². The van der Waals surface area contributed by atoms with E-state index < -0.39 is 0 Å². The van der Waals surface area contributed by atoms with E-state index in [1.54, 1.807) is 7.11 Å². The van der Waals surface area contributed by atoms with E-state index in [4.69, 9.17) is 9.47 Å². The molecule has 0 unspecified atom stereocenters. The van der Waals surface area contributed by atoms with Gasteiger partial charge in [0.15, 0.2) is 0 Å². The van der Waals surface area contributed by atoms with Crippen LogP contribution in [-0.4, -0.2) is 47.5 Å². The van der Waals surface area contributed by atoms with Gasteiger partial charge in [-0.2, -0.15) is 5.10 Å². The maximum atomic E-state index is 11.9. The summed E-state index contributed by atoms with van der Waals surface area (Å²) >= 11 is 0. The summed E-state index contributed by atoms with van der Waals surface area (Å²) in [4.78, 5) is 13.8. The molecule has 0 bridgehead atoms. The maximum Gasteiger partial charge on any atom is 0.248 e. The first-order valence-electron chi connectivity index (χ1n) is 7.57. The van der Waals surface area contributed by atoms with Crippen LogP contribution in [0.4, 0.5) is 0 Å². The molecule has 116 valence electrons. The topological polar surface area (TPSA) is 56.6 Å². The highest BCUT2D eigenvalue weighted by molar-refractivity contribution is 5.77. The third-order valence-corrected chi connectivity index (χ3v) is 4.24. The van der Waals surface area contributed by atoms with Crippen LogP contribution in [0.5, 0.6) is 0 Å².